The van der Waals surface area contributed by atoms with Crippen LogP contribution in [0.15, 0.2) is 219 Å². The van der Waals surface area contributed by atoms with Crippen molar-refractivity contribution in [3.63, 3.8) is 0 Å². The molecule has 0 amide bonds. The van der Waals surface area contributed by atoms with Crippen LogP contribution in [0.1, 0.15) is 120 Å². The van der Waals surface area contributed by atoms with Gasteiger partial charge in [0, 0.05) is 124 Å². The summed E-state index contributed by atoms with van der Waals surface area (Å²) in [7, 11) is 17.1. The molecule has 20 nitrogen and oxygen atoms in total. The number of rotatable bonds is 22. The van der Waals surface area contributed by atoms with E-state index in [1.54, 1.807) is 26.2 Å². The zero-order valence-corrected chi connectivity index (χ0v) is 62.5. The summed E-state index contributed by atoms with van der Waals surface area (Å²) in [5.74, 6) is 2.37. The van der Waals surface area contributed by atoms with E-state index in [-0.39, 0.29) is 21.2 Å². The number of hydrogen-bond acceptors (Lipinski definition) is 14. The topological polar surface area (TPSA) is 258 Å². The third kappa shape index (κ3) is 18.1. The van der Waals surface area contributed by atoms with Crippen LogP contribution in [0.5, 0.6) is 0 Å². The van der Waals surface area contributed by atoms with Crippen LogP contribution in [0.2, 0.25) is 0 Å². The van der Waals surface area contributed by atoms with Crippen LogP contribution in [0.25, 0.3) is 45.0 Å². The first-order chi connectivity index (χ1) is 50.3. The van der Waals surface area contributed by atoms with Crippen molar-refractivity contribution in [3.8, 4) is 45.0 Å². The molecule has 0 saturated heterocycles. The van der Waals surface area contributed by atoms with Gasteiger partial charge in [0.1, 0.15) is 11.4 Å². The van der Waals surface area contributed by atoms with E-state index in [0.29, 0.717) is 48.1 Å². The Morgan fingerprint density at radius 1 is 0.398 bits per heavy atom. The number of imidazole rings is 4. The predicted octanol–water partition coefficient (Wildman–Crippen LogP) is 18.0. The first-order valence-electron chi connectivity index (χ1n) is 34.7. The second-order valence-corrected chi connectivity index (χ2v) is 30.4. The number of nitro benzene ring substituents is 2. The molecule has 4 fully saturated rings. The zero-order chi connectivity index (χ0) is 71.9. The molecule has 103 heavy (non-hydrogen) atoms. The second kappa shape index (κ2) is 34.0. The number of halogens is 2. The van der Waals surface area contributed by atoms with Crippen molar-refractivity contribution in [1.29, 1.82) is 0 Å². The molecule has 12 aromatic rings. The van der Waals surface area contributed by atoms with E-state index in [0.717, 1.165) is 80.9 Å². The molecule has 0 bridgehead atoms. The molecular weight excluding hydrogens is 1440 g/mol. The Hall–Kier alpha value is -10.4. The second-order valence-electron chi connectivity index (χ2n) is 26.1. The maximum absolute atomic E-state index is 11.1. The van der Waals surface area contributed by atoms with Crippen LogP contribution < -0.4 is 32.7 Å². The molecule has 0 aliphatic heterocycles. The van der Waals surface area contributed by atoms with Crippen molar-refractivity contribution in [2.45, 2.75) is 101 Å². The Labute approximate surface area is 617 Å². The van der Waals surface area contributed by atoms with Crippen LogP contribution >= 0.6 is 17.8 Å². The summed E-state index contributed by atoms with van der Waals surface area (Å²) in [6, 6.07) is 64.3. The van der Waals surface area contributed by atoms with E-state index in [4.69, 9.17) is 39.3 Å². The van der Waals surface area contributed by atoms with Crippen LogP contribution in [-0.4, -0.2) is 95.1 Å². The summed E-state index contributed by atoms with van der Waals surface area (Å²) in [6.45, 7) is 2.88. The molecule has 4 aliphatic rings. The molecule has 4 aromatic heterocycles. The number of nitrogens with zero attached hydrogens (tertiary/aromatic N) is 10. The number of hydrogen-bond donors (Lipinski definition) is 6. The fourth-order valence-corrected chi connectivity index (χ4v) is 13.1. The van der Waals surface area contributed by atoms with Gasteiger partial charge in [0.05, 0.1) is 92.1 Å². The van der Waals surface area contributed by atoms with Crippen molar-refractivity contribution < 1.29 is 9.85 Å². The van der Waals surface area contributed by atoms with Crippen molar-refractivity contribution in [1.82, 2.24) is 38.2 Å². The van der Waals surface area contributed by atoms with Crippen molar-refractivity contribution in [3.05, 3.63) is 285 Å². The molecule has 526 valence electrons. The molecule has 0 spiro atoms. The summed E-state index contributed by atoms with van der Waals surface area (Å²) in [5, 5.41) is 34.4. The Morgan fingerprint density at radius 3 is 0.981 bits per heavy atom. The zero-order valence-electron chi connectivity index (χ0n) is 58.1. The molecule has 0 atom stereocenters. The molecule has 4 saturated carbocycles. The third-order valence-corrected chi connectivity index (χ3v) is 18.8. The van der Waals surface area contributed by atoms with Gasteiger partial charge in [0.25, 0.3) is 11.4 Å². The number of nitro groups is 2. The Morgan fingerprint density at radius 2 is 0.680 bits per heavy atom. The van der Waals surface area contributed by atoms with Gasteiger partial charge in [-0.05, 0) is 110 Å². The van der Waals surface area contributed by atoms with Crippen molar-refractivity contribution in [2.24, 2.45) is 0 Å². The van der Waals surface area contributed by atoms with Crippen molar-refractivity contribution in [2.75, 3.05) is 60.9 Å². The van der Waals surface area contributed by atoms with E-state index >= 15 is 0 Å². The van der Waals surface area contributed by atoms with E-state index in [1.807, 2.05) is 118 Å². The number of benzene rings is 8. The fraction of sp³-hybridized carbons (Fsp3) is 0.250. The van der Waals surface area contributed by atoms with Gasteiger partial charge in [0.15, 0.2) is 0 Å². The predicted molar refractivity (Wildman–Crippen MR) is 419 cm³/mol. The summed E-state index contributed by atoms with van der Waals surface area (Å²) in [4.78, 5) is 40.3. The van der Waals surface area contributed by atoms with E-state index < -0.39 is 18.9 Å². The Bertz CT molecular complexity index is 4840. The first kappa shape index (κ1) is 72.4. The molecular formula is C80H84Cl2N16O4Sn. The Kier molecular flexibility index (Phi) is 23.9. The molecule has 8 N–H and O–H groups in total. The van der Waals surface area contributed by atoms with Gasteiger partial charge in [-0.25, -0.2) is 19.9 Å². The fourth-order valence-electron chi connectivity index (χ4n) is 13.1. The monoisotopic (exact) mass is 1520 g/mol. The van der Waals surface area contributed by atoms with Crippen LogP contribution in [0.3, 0.4) is 0 Å². The van der Waals surface area contributed by atoms with E-state index in [2.05, 4.69) is 153 Å². The van der Waals surface area contributed by atoms with Gasteiger partial charge in [-0.2, -0.15) is 0 Å². The summed E-state index contributed by atoms with van der Waals surface area (Å²) in [6.07, 6.45) is 17.5. The van der Waals surface area contributed by atoms with Crippen LogP contribution in [0.4, 0.5) is 45.5 Å². The first-order valence-corrected chi connectivity index (χ1v) is 41.9. The molecule has 2 radical (unpaired) electrons. The third-order valence-electron chi connectivity index (χ3n) is 18.8. The molecule has 16 rings (SSSR count). The maximum atomic E-state index is 11.1. The molecule has 4 aliphatic carbocycles. The van der Waals surface area contributed by atoms with Gasteiger partial charge in [-0.1, -0.05) is 146 Å². The minimum atomic E-state index is -0.826. The number of aromatic nitrogens is 8. The number of anilines is 6. The quantitative estimate of drug-likeness (QED) is 0.0160. The van der Waals surface area contributed by atoms with E-state index in [1.165, 1.54) is 96.4 Å². The summed E-state index contributed by atoms with van der Waals surface area (Å²) in [5.41, 5.74) is 35.5. The van der Waals surface area contributed by atoms with Crippen molar-refractivity contribution >= 4 is 82.2 Å². The van der Waals surface area contributed by atoms with E-state index in [9.17, 15) is 20.2 Å². The van der Waals surface area contributed by atoms with Gasteiger partial charge in [0.2, 0.25) is 0 Å². The van der Waals surface area contributed by atoms with Gasteiger partial charge < -0.3 is 51.0 Å². The Balaban J connectivity index is 0.000000128. The molecule has 0 unspecified atom stereocenters. The summed E-state index contributed by atoms with van der Waals surface area (Å²) < 4.78 is 8.88. The standard InChI is InChI=1S/2C20H20N4O2.2C20H22N4.2ClH.Sn/c1-21-17-11-14(7-10-18(17)24(25)26)12-23-13-22-19(15-8-9-15)20(23)16-5-3-2-4-6-16;1-21-17-11-14(7-10-18(17)24(25)26)12-23-13-22-19(20(23)16-8-9-16)15-5-3-2-4-6-15;1-22-18-11-14(7-10-17(18)21)12-24-13-23-19(15-8-9-15)20(24)16-5-3-2-4-6-16;1-22-18-11-14(7-10-17(18)21)12-24-13-23-19(20(24)16-8-9-16)15-5-3-2-4-6-15;;;/h2-7,10-11,13,15,21H,8-9,12H2,1H3;2-7,10-11,13,16,21H,8-9,12H2,1H3;2-7,10-11,13,15,22H,8-9,12,21H2,1H3;2-7,10-11,13,16,22H,8-9,12,21H2,1H3;2*1H;/q;;;;;;+2/p-2. The number of nitrogen functional groups attached to an aromatic ring is 2. The summed E-state index contributed by atoms with van der Waals surface area (Å²) >= 11 is -0.826. The number of nitrogens with one attached hydrogen (secondary N) is 4. The average molecular weight is 1520 g/mol. The average Bonchev–Trinajstić information content (AvgIpc) is 1.65. The normalized spacial score (nSPS) is 13.5. The molecule has 23 heteroatoms. The SMILES string of the molecule is CNc1cc(Cn2cnc(-c3ccccc3)c2C2CC2)ccc1N.CNc1cc(Cn2cnc(-c3ccccc3)c2C2CC2)ccc1[N+](=O)[O-].CNc1cc(Cn2cnc(C3CC3)c2-c2ccccc2)ccc1N.CNc1cc(Cn2cnc(C3CC3)c2-c2ccccc2)ccc1[N+](=O)[O-].[Cl][Sn][Cl]. The molecule has 8 aromatic carbocycles. The minimum absolute atomic E-state index is 0.0869. The van der Waals surface area contributed by atoms with Crippen LogP contribution in [-0.2, 0) is 26.2 Å². The van der Waals surface area contributed by atoms with Gasteiger partial charge in [-0.3, -0.25) is 20.2 Å². The van der Waals surface area contributed by atoms with Crippen LogP contribution in [0, 0.1) is 20.2 Å². The molecule has 4 heterocycles. The van der Waals surface area contributed by atoms with Gasteiger partial charge >= 0.3 is 36.7 Å². The number of nitrogens with two attached hydrogens (primary N) is 2. The van der Waals surface area contributed by atoms with Gasteiger partial charge in [-0.15, -0.1) is 0 Å².